The molecule has 3 rings (SSSR count). The number of carboxylic acid groups (broad SMARTS) is 1. The molecule has 0 spiro atoms. The van der Waals surface area contributed by atoms with E-state index in [1.807, 2.05) is 0 Å². The van der Waals surface area contributed by atoms with Gasteiger partial charge in [-0.2, -0.15) is 13.2 Å². The molecule has 0 atom stereocenters. The molecule has 0 fully saturated rings. The first-order valence-electron chi connectivity index (χ1n) is 7.82. The van der Waals surface area contributed by atoms with Gasteiger partial charge >= 0.3 is 12.1 Å². The van der Waals surface area contributed by atoms with Crippen molar-refractivity contribution in [3.05, 3.63) is 70.7 Å². The summed E-state index contributed by atoms with van der Waals surface area (Å²) >= 11 is 0. The van der Waals surface area contributed by atoms with Crippen molar-refractivity contribution in [3.8, 4) is 0 Å². The number of rotatable bonds is 4. The minimum atomic E-state index is -4.41. The molecule has 0 amide bonds. The fourth-order valence-electron chi connectivity index (χ4n) is 3.10. The van der Waals surface area contributed by atoms with E-state index in [2.05, 4.69) is 0 Å². The largest absolute Gasteiger partial charge is 0.480 e. The maximum absolute atomic E-state index is 13.7. The number of halogens is 4. The van der Waals surface area contributed by atoms with E-state index in [4.69, 9.17) is 5.11 Å². The molecule has 0 aliphatic carbocycles. The van der Waals surface area contributed by atoms with Gasteiger partial charge in [0.05, 0.1) is 5.56 Å². The number of benzene rings is 2. The van der Waals surface area contributed by atoms with Gasteiger partial charge in [-0.1, -0.05) is 12.1 Å². The van der Waals surface area contributed by atoms with E-state index in [1.54, 1.807) is 11.5 Å². The lowest BCUT2D eigenvalue weighted by molar-refractivity contribution is -0.138. The summed E-state index contributed by atoms with van der Waals surface area (Å²) in [6.45, 7) is 1.45. The van der Waals surface area contributed by atoms with Crippen LogP contribution in [0, 0.1) is 12.7 Å². The van der Waals surface area contributed by atoms with Crippen molar-refractivity contribution in [3.63, 3.8) is 0 Å². The average molecular weight is 365 g/mol. The van der Waals surface area contributed by atoms with E-state index in [0.717, 1.165) is 12.1 Å². The molecule has 1 heterocycles. The number of hydrogen-bond acceptors (Lipinski definition) is 1. The molecule has 26 heavy (non-hydrogen) atoms. The summed E-state index contributed by atoms with van der Waals surface area (Å²) in [5.74, 6) is -1.49. The normalized spacial score (nSPS) is 11.9. The maximum Gasteiger partial charge on any atom is 0.416 e. The summed E-state index contributed by atoms with van der Waals surface area (Å²) in [4.78, 5) is 11.1. The van der Waals surface area contributed by atoms with Gasteiger partial charge < -0.3 is 9.67 Å². The Hall–Kier alpha value is -2.83. The Kier molecular flexibility index (Phi) is 4.48. The van der Waals surface area contributed by atoms with Gasteiger partial charge in [-0.3, -0.25) is 4.79 Å². The van der Waals surface area contributed by atoms with Gasteiger partial charge in [0.25, 0.3) is 0 Å². The highest BCUT2D eigenvalue weighted by Gasteiger charge is 2.30. The van der Waals surface area contributed by atoms with Gasteiger partial charge in [0.1, 0.15) is 12.4 Å². The van der Waals surface area contributed by atoms with Crippen LogP contribution in [0.15, 0.2) is 42.5 Å². The van der Waals surface area contributed by atoms with Crippen LogP contribution >= 0.6 is 0 Å². The van der Waals surface area contributed by atoms with Crippen LogP contribution in [0.25, 0.3) is 10.9 Å². The third kappa shape index (κ3) is 3.42. The molecule has 3 nitrogen and oxygen atoms in total. The summed E-state index contributed by atoms with van der Waals surface area (Å²) in [5.41, 5.74) is 1.80. The van der Waals surface area contributed by atoms with Crippen LogP contribution in [0.5, 0.6) is 0 Å². The topological polar surface area (TPSA) is 42.2 Å². The van der Waals surface area contributed by atoms with Crippen molar-refractivity contribution in [2.24, 2.45) is 0 Å². The summed E-state index contributed by atoms with van der Waals surface area (Å²) in [6, 6.07) is 8.84. The predicted molar refractivity (Wildman–Crippen MR) is 88.5 cm³/mol. The molecular formula is C19H15F4NO2. The lowest BCUT2D eigenvalue weighted by atomic mass is 10.0. The Morgan fingerprint density at radius 2 is 1.77 bits per heavy atom. The van der Waals surface area contributed by atoms with Gasteiger partial charge in [-0.15, -0.1) is 0 Å². The third-order valence-electron chi connectivity index (χ3n) is 4.37. The van der Waals surface area contributed by atoms with Crippen LogP contribution in [-0.4, -0.2) is 15.6 Å². The second-order valence-corrected chi connectivity index (χ2v) is 6.08. The number of aromatic nitrogens is 1. The zero-order valence-corrected chi connectivity index (χ0v) is 13.8. The smallest absolute Gasteiger partial charge is 0.416 e. The first kappa shape index (κ1) is 18.0. The molecule has 1 N–H and O–H groups in total. The molecule has 0 aliphatic heterocycles. The predicted octanol–water partition coefficient (Wildman–Crippen LogP) is 4.78. The highest BCUT2D eigenvalue weighted by Crippen LogP contribution is 2.31. The van der Waals surface area contributed by atoms with Crippen LogP contribution in [0.3, 0.4) is 0 Å². The minimum absolute atomic E-state index is 0.274. The number of alkyl halides is 3. The first-order chi connectivity index (χ1) is 12.2. The zero-order valence-electron chi connectivity index (χ0n) is 13.8. The fraction of sp³-hybridized carbons (Fsp3) is 0.211. The standard InChI is InChI=1S/C19H15F4NO2/c1-11-15(8-12-2-4-13(5-3-12)19(21,22)23)16-9-14(20)6-7-17(16)24(11)10-18(25)26/h2-7,9H,8,10H2,1H3,(H,25,26). The molecule has 7 heteroatoms. The Morgan fingerprint density at radius 1 is 1.12 bits per heavy atom. The van der Waals surface area contributed by atoms with Crippen LogP contribution in [-0.2, 0) is 23.9 Å². The molecule has 136 valence electrons. The molecule has 2 aromatic carbocycles. The molecule has 3 aromatic rings. The number of nitrogens with zero attached hydrogens (tertiary/aromatic N) is 1. The quantitative estimate of drug-likeness (QED) is 0.676. The monoisotopic (exact) mass is 365 g/mol. The average Bonchev–Trinajstić information content (AvgIpc) is 2.79. The fourth-order valence-corrected chi connectivity index (χ4v) is 3.10. The summed E-state index contributed by atoms with van der Waals surface area (Å²) < 4.78 is 53.3. The lowest BCUT2D eigenvalue weighted by Gasteiger charge is -2.08. The molecular weight excluding hydrogens is 350 g/mol. The van der Waals surface area contributed by atoms with Crippen molar-refractivity contribution < 1.29 is 27.5 Å². The second-order valence-electron chi connectivity index (χ2n) is 6.08. The van der Waals surface area contributed by atoms with Crippen molar-refractivity contribution in [2.75, 3.05) is 0 Å². The third-order valence-corrected chi connectivity index (χ3v) is 4.37. The van der Waals surface area contributed by atoms with Crippen LogP contribution in [0.4, 0.5) is 17.6 Å². The van der Waals surface area contributed by atoms with Gasteiger partial charge in [-0.25, -0.2) is 4.39 Å². The van der Waals surface area contributed by atoms with Crippen LogP contribution in [0.1, 0.15) is 22.4 Å². The molecule has 0 saturated carbocycles. The van der Waals surface area contributed by atoms with Crippen molar-refractivity contribution >= 4 is 16.9 Å². The Balaban J connectivity index is 2.05. The van der Waals surface area contributed by atoms with Crippen molar-refractivity contribution in [1.29, 1.82) is 0 Å². The van der Waals surface area contributed by atoms with E-state index in [-0.39, 0.29) is 13.0 Å². The number of carboxylic acids is 1. The summed E-state index contributed by atoms with van der Waals surface area (Å²) in [6.07, 6.45) is -4.13. The van der Waals surface area contributed by atoms with E-state index >= 15 is 0 Å². The Morgan fingerprint density at radius 3 is 2.35 bits per heavy atom. The zero-order chi connectivity index (χ0) is 19.1. The first-order valence-corrected chi connectivity index (χ1v) is 7.82. The van der Waals surface area contributed by atoms with Gasteiger partial charge in [0, 0.05) is 16.6 Å². The highest BCUT2D eigenvalue weighted by molar-refractivity contribution is 5.87. The lowest BCUT2D eigenvalue weighted by Crippen LogP contribution is -2.10. The van der Waals surface area contributed by atoms with Crippen LogP contribution in [0.2, 0.25) is 0 Å². The molecule has 0 bridgehead atoms. The molecule has 0 saturated heterocycles. The molecule has 0 unspecified atom stereocenters. The number of hydrogen-bond donors (Lipinski definition) is 1. The van der Waals surface area contributed by atoms with Crippen molar-refractivity contribution in [1.82, 2.24) is 4.57 Å². The summed E-state index contributed by atoms with van der Waals surface area (Å²) in [5, 5.41) is 9.67. The van der Waals surface area contributed by atoms with E-state index < -0.39 is 23.5 Å². The van der Waals surface area contributed by atoms with E-state index in [1.165, 1.54) is 30.3 Å². The van der Waals surface area contributed by atoms with Gasteiger partial charge in [0.2, 0.25) is 0 Å². The maximum atomic E-state index is 13.7. The summed E-state index contributed by atoms with van der Waals surface area (Å²) in [7, 11) is 0. The van der Waals surface area contributed by atoms with Crippen molar-refractivity contribution in [2.45, 2.75) is 26.1 Å². The van der Waals surface area contributed by atoms with E-state index in [0.29, 0.717) is 27.7 Å². The van der Waals surface area contributed by atoms with E-state index in [9.17, 15) is 22.4 Å². The minimum Gasteiger partial charge on any atom is -0.480 e. The molecule has 0 radical (unpaired) electrons. The number of fused-ring (bicyclic) bond motifs is 1. The highest BCUT2D eigenvalue weighted by atomic mass is 19.4. The van der Waals surface area contributed by atoms with Crippen LogP contribution < -0.4 is 0 Å². The van der Waals surface area contributed by atoms with Gasteiger partial charge in [-0.05, 0) is 54.8 Å². The van der Waals surface area contributed by atoms with Gasteiger partial charge in [0.15, 0.2) is 0 Å². The molecule has 0 aliphatic rings. The SMILES string of the molecule is Cc1c(Cc2ccc(C(F)(F)F)cc2)c2cc(F)ccc2n1CC(=O)O. The molecule has 1 aromatic heterocycles. The number of carbonyl (C=O) groups is 1. The second kappa shape index (κ2) is 6.48. The Bertz CT molecular complexity index is 972. The number of aliphatic carboxylic acids is 1. The Labute approximate surface area is 146 Å².